The van der Waals surface area contributed by atoms with E-state index in [0.29, 0.717) is 6.54 Å². The quantitative estimate of drug-likeness (QED) is 0.316. The summed E-state index contributed by atoms with van der Waals surface area (Å²) in [5.41, 5.74) is 6.57. The van der Waals surface area contributed by atoms with Gasteiger partial charge in [-0.05, 0) is 12.0 Å². The summed E-state index contributed by atoms with van der Waals surface area (Å²) in [6, 6.07) is 9.53. The van der Waals surface area contributed by atoms with Crippen LogP contribution in [0.2, 0.25) is 0 Å². The van der Waals surface area contributed by atoms with Crippen LogP contribution in [0.4, 0.5) is 4.79 Å². The fourth-order valence-electron chi connectivity index (χ4n) is 2.10. The summed E-state index contributed by atoms with van der Waals surface area (Å²) in [4.78, 5) is 13.5. The van der Waals surface area contributed by atoms with Gasteiger partial charge in [-0.15, -0.1) is 5.10 Å². The molecule has 0 bridgehead atoms. The van der Waals surface area contributed by atoms with Gasteiger partial charge in [-0.1, -0.05) is 30.3 Å². The van der Waals surface area contributed by atoms with Gasteiger partial charge in [-0.25, -0.2) is 4.79 Å². The van der Waals surface area contributed by atoms with Gasteiger partial charge in [0.2, 0.25) is 5.96 Å². The molecule has 1 saturated heterocycles. The zero-order valence-electron chi connectivity index (χ0n) is 11.2. The van der Waals surface area contributed by atoms with Crippen molar-refractivity contribution in [1.82, 2.24) is 10.2 Å². The number of hydrogen-bond donors (Lipinski definition) is 3. The van der Waals surface area contributed by atoms with Crippen molar-refractivity contribution < 1.29 is 9.53 Å². The third kappa shape index (κ3) is 3.78. The molecule has 0 aliphatic carbocycles. The van der Waals surface area contributed by atoms with Crippen molar-refractivity contribution in [3.05, 3.63) is 35.9 Å². The van der Waals surface area contributed by atoms with Crippen molar-refractivity contribution in [2.45, 2.75) is 19.1 Å². The van der Waals surface area contributed by atoms with Crippen LogP contribution in [0.1, 0.15) is 12.0 Å². The maximum Gasteiger partial charge on any atom is 0.407 e. The number of carbonyl (C=O) groups is 1. The van der Waals surface area contributed by atoms with Crippen LogP contribution < -0.4 is 16.9 Å². The van der Waals surface area contributed by atoms with Crippen molar-refractivity contribution in [3.8, 4) is 0 Å². The predicted octanol–water partition coefficient (Wildman–Crippen LogP) is 0.176. The largest absolute Gasteiger partial charge is 0.445 e. The summed E-state index contributed by atoms with van der Waals surface area (Å²) in [5.74, 6) is 5.40. The number of hydrogen-bond acceptors (Lipinski definition) is 4. The minimum atomic E-state index is -0.427. The lowest BCUT2D eigenvalue weighted by molar-refractivity contribution is 0.136. The highest BCUT2D eigenvalue weighted by Gasteiger charge is 2.25. The molecule has 1 atom stereocenters. The Balaban J connectivity index is 1.73. The third-order valence-electron chi connectivity index (χ3n) is 3.18. The van der Waals surface area contributed by atoms with Crippen LogP contribution in [-0.4, -0.2) is 36.1 Å². The molecule has 7 heteroatoms. The number of likely N-dealkylation sites (tertiary alicyclic amines) is 1. The number of rotatable bonds is 3. The maximum absolute atomic E-state index is 11.7. The van der Waals surface area contributed by atoms with Crippen LogP contribution >= 0.6 is 0 Å². The molecule has 0 aromatic heterocycles. The molecule has 2 rings (SSSR count). The first-order chi connectivity index (χ1) is 9.69. The molecule has 0 spiro atoms. The van der Waals surface area contributed by atoms with Gasteiger partial charge in [0.25, 0.3) is 0 Å². The van der Waals surface area contributed by atoms with Crippen molar-refractivity contribution >= 4 is 12.1 Å². The smallest absolute Gasteiger partial charge is 0.407 e. The number of carbonyl (C=O) groups excluding carboxylic acids is 1. The lowest BCUT2D eigenvalue weighted by Crippen LogP contribution is -2.41. The number of amides is 1. The summed E-state index contributed by atoms with van der Waals surface area (Å²) in [5, 5.41) is 6.24. The number of nitrogens with zero attached hydrogens (tertiary/aromatic N) is 2. The first-order valence-corrected chi connectivity index (χ1v) is 6.44. The average molecular weight is 277 g/mol. The molecule has 1 unspecified atom stereocenters. The Hall–Kier alpha value is -2.44. The van der Waals surface area contributed by atoms with E-state index in [1.807, 2.05) is 35.2 Å². The summed E-state index contributed by atoms with van der Waals surface area (Å²) >= 11 is 0. The van der Waals surface area contributed by atoms with Gasteiger partial charge in [0.05, 0.1) is 6.04 Å². The van der Waals surface area contributed by atoms with E-state index in [4.69, 9.17) is 16.3 Å². The number of ether oxygens (including phenoxy) is 1. The summed E-state index contributed by atoms with van der Waals surface area (Å²) in [6.45, 7) is 1.57. The topological polar surface area (TPSA) is 106 Å². The molecule has 1 amide bonds. The Morgan fingerprint density at radius 1 is 1.45 bits per heavy atom. The Morgan fingerprint density at radius 2 is 2.20 bits per heavy atom. The first-order valence-electron chi connectivity index (χ1n) is 6.44. The van der Waals surface area contributed by atoms with Crippen molar-refractivity contribution in [2.75, 3.05) is 13.1 Å². The third-order valence-corrected chi connectivity index (χ3v) is 3.18. The lowest BCUT2D eigenvalue weighted by atomic mass is 10.2. The van der Waals surface area contributed by atoms with Crippen LogP contribution in [-0.2, 0) is 11.3 Å². The summed E-state index contributed by atoms with van der Waals surface area (Å²) in [6.07, 6.45) is 0.361. The van der Waals surface area contributed by atoms with Gasteiger partial charge in [-0.3, -0.25) is 0 Å². The normalized spacial score (nSPS) is 18.9. The summed E-state index contributed by atoms with van der Waals surface area (Å²) < 4.78 is 5.16. The van der Waals surface area contributed by atoms with E-state index in [1.54, 1.807) is 0 Å². The zero-order chi connectivity index (χ0) is 14.4. The molecule has 108 valence electrons. The number of nitrogens with one attached hydrogen (secondary N) is 1. The van der Waals surface area contributed by atoms with E-state index in [-0.39, 0.29) is 18.6 Å². The molecule has 1 fully saturated rings. The molecule has 20 heavy (non-hydrogen) atoms. The predicted molar refractivity (Wildman–Crippen MR) is 75.6 cm³/mol. The van der Waals surface area contributed by atoms with Crippen LogP contribution in [0.15, 0.2) is 35.4 Å². The van der Waals surface area contributed by atoms with E-state index in [9.17, 15) is 4.79 Å². The molecule has 1 aromatic rings. The average Bonchev–Trinajstić information content (AvgIpc) is 2.94. The highest BCUT2D eigenvalue weighted by atomic mass is 16.5. The van der Waals surface area contributed by atoms with E-state index in [0.717, 1.165) is 18.5 Å². The van der Waals surface area contributed by atoms with E-state index >= 15 is 0 Å². The molecule has 1 aromatic carbocycles. The van der Waals surface area contributed by atoms with Gasteiger partial charge in [0.15, 0.2) is 0 Å². The van der Waals surface area contributed by atoms with Crippen LogP contribution in [0.25, 0.3) is 0 Å². The van der Waals surface area contributed by atoms with E-state index in [2.05, 4.69) is 10.4 Å². The van der Waals surface area contributed by atoms with Gasteiger partial charge < -0.3 is 26.5 Å². The van der Waals surface area contributed by atoms with Crippen molar-refractivity contribution in [2.24, 2.45) is 16.7 Å². The number of nitrogens with two attached hydrogens (primary N) is 2. The van der Waals surface area contributed by atoms with Crippen molar-refractivity contribution in [3.63, 3.8) is 0 Å². The fourth-order valence-corrected chi connectivity index (χ4v) is 2.10. The Kier molecular flexibility index (Phi) is 4.65. The molecule has 5 N–H and O–H groups in total. The highest BCUT2D eigenvalue weighted by Crippen LogP contribution is 2.09. The summed E-state index contributed by atoms with van der Waals surface area (Å²) in [7, 11) is 0. The van der Waals surface area contributed by atoms with Crippen LogP contribution in [0.3, 0.4) is 0 Å². The SMILES string of the molecule is N/N=C(/N)N1CCC(NC(=O)OCc2ccccc2)C1. The number of benzene rings is 1. The number of guanidine groups is 1. The lowest BCUT2D eigenvalue weighted by Gasteiger charge is -2.16. The molecule has 1 aliphatic rings. The fraction of sp³-hybridized carbons (Fsp3) is 0.385. The number of alkyl carbamates (subject to hydrolysis) is 1. The van der Waals surface area contributed by atoms with Crippen LogP contribution in [0.5, 0.6) is 0 Å². The molecule has 0 saturated carbocycles. The molecular formula is C13H19N5O2. The minimum absolute atomic E-state index is 0.00132. The standard InChI is InChI=1S/C13H19N5O2/c14-12(17-15)18-7-6-11(8-18)16-13(19)20-9-10-4-2-1-3-5-10/h1-5,11H,6-9,15H2,(H2,14,17)(H,16,19). The molecule has 1 heterocycles. The maximum atomic E-state index is 11.7. The Morgan fingerprint density at radius 3 is 2.90 bits per heavy atom. The van der Waals surface area contributed by atoms with Gasteiger partial charge in [-0.2, -0.15) is 0 Å². The zero-order valence-corrected chi connectivity index (χ0v) is 11.2. The minimum Gasteiger partial charge on any atom is -0.445 e. The second-order valence-corrected chi connectivity index (χ2v) is 4.62. The highest BCUT2D eigenvalue weighted by molar-refractivity contribution is 5.78. The second kappa shape index (κ2) is 6.65. The second-order valence-electron chi connectivity index (χ2n) is 4.62. The van der Waals surface area contributed by atoms with Crippen LogP contribution in [0, 0.1) is 0 Å². The van der Waals surface area contributed by atoms with E-state index < -0.39 is 6.09 Å². The first kappa shape index (κ1) is 14.0. The van der Waals surface area contributed by atoms with E-state index in [1.165, 1.54) is 0 Å². The van der Waals surface area contributed by atoms with Gasteiger partial charge in [0, 0.05) is 13.1 Å². The number of hydrazone groups is 1. The molecule has 0 radical (unpaired) electrons. The monoisotopic (exact) mass is 277 g/mol. The Labute approximate surface area is 117 Å². The molecular weight excluding hydrogens is 258 g/mol. The molecule has 1 aliphatic heterocycles. The van der Waals surface area contributed by atoms with Gasteiger partial charge >= 0.3 is 6.09 Å². The molecule has 7 nitrogen and oxygen atoms in total. The van der Waals surface area contributed by atoms with Gasteiger partial charge in [0.1, 0.15) is 6.61 Å². The van der Waals surface area contributed by atoms with Crippen molar-refractivity contribution in [1.29, 1.82) is 0 Å². The Bertz CT molecular complexity index is 477.